The van der Waals surface area contributed by atoms with E-state index in [-0.39, 0.29) is 18.8 Å². The number of benzene rings is 2. The van der Waals surface area contributed by atoms with Gasteiger partial charge >= 0.3 is 6.09 Å². The minimum Gasteiger partial charge on any atom is -0.463 e. The molecule has 0 bridgehead atoms. The van der Waals surface area contributed by atoms with Gasteiger partial charge in [-0.25, -0.2) is 13.6 Å². The molecule has 35 heavy (non-hydrogen) atoms. The number of carbonyl (C=O) groups is 2. The fourth-order valence-corrected chi connectivity index (χ4v) is 5.35. The van der Waals surface area contributed by atoms with Crippen molar-refractivity contribution >= 4 is 41.2 Å². The van der Waals surface area contributed by atoms with Crippen LogP contribution in [-0.2, 0) is 10.3 Å². The second-order valence-electron chi connectivity index (χ2n) is 9.00. The highest BCUT2D eigenvalue weighted by molar-refractivity contribution is 6.34. The van der Waals surface area contributed by atoms with Crippen molar-refractivity contribution in [1.29, 1.82) is 0 Å². The number of rotatable bonds is 3. The maximum atomic E-state index is 13.8. The van der Waals surface area contributed by atoms with E-state index in [1.165, 1.54) is 0 Å². The number of aliphatic hydroxyl groups excluding tert-OH is 1. The summed E-state index contributed by atoms with van der Waals surface area (Å²) in [6.45, 7) is 1.69. The Bertz CT molecular complexity index is 1210. The van der Waals surface area contributed by atoms with E-state index in [0.717, 1.165) is 10.5 Å². The van der Waals surface area contributed by atoms with Crippen molar-refractivity contribution in [3.63, 3.8) is 0 Å². The molecule has 0 spiro atoms. The molecular weight excluding hydrogens is 503 g/mol. The number of hydrogen-bond acceptors (Lipinski definition) is 3. The van der Waals surface area contributed by atoms with Gasteiger partial charge in [-0.1, -0.05) is 53.5 Å². The molecule has 11 heteroatoms. The second kappa shape index (κ2) is 9.37. The zero-order valence-corrected chi connectivity index (χ0v) is 20.2. The molecule has 0 aromatic heterocycles. The quantitative estimate of drug-likeness (QED) is 0.505. The fourth-order valence-electron chi connectivity index (χ4n) is 4.71. The summed E-state index contributed by atoms with van der Waals surface area (Å²) in [4.78, 5) is 29.4. The molecule has 1 saturated heterocycles. The van der Waals surface area contributed by atoms with Gasteiger partial charge in [-0.15, -0.1) is 4.99 Å². The number of halogens is 4. The van der Waals surface area contributed by atoms with E-state index in [1.54, 1.807) is 43.3 Å². The van der Waals surface area contributed by atoms with Crippen molar-refractivity contribution in [2.45, 2.75) is 56.2 Å². The first-order chi connectivity index (χ1) is 16.4. The zero-order valence-electron chi connectivity index (χ0n) is 18.6. The van der Waals surface area contributed by atoms with E-state index in [0.29, 0.717) is 21.2 Å². The van der Waals surface area contributed by atoms with E-state index in [9.17, 15) is 28.6 Å². The molecular formula is C24H23Cl2F2N3O4. The first-order valence-corrected chi connectivity index (χ1v) is 11.7. The number of amides is 2. The normalized spacial score (nSPS) is 27.5. The molecule has 1 aliphatic heterocycles. The molecule has 2 aromatic rings. The fraction of sp³-hybridized carbons (Fsp3) is 0.375. The molecule has 186 valence electrons. The van der Waals surface area contributed by atoms with E-state index in [2.05, 4.69) is 10.3 Å². The van der Waals surface area contributed by atoms with Gasteiger partial charge in [0.15, 0.2) is 0 Å². The maximum absolute atomic E-state index is 13.8. The lowest BCUT2D eigenvalue weighted by Gasteiger charge is -2.46. The average molecular weight is 526 g/mol. The molecule has 1 heterocycles. The van der Waals surface area contributed by atoms with Crippen LogP contribution in [0.1, 0.15) is 38.2 Å². The monoisotopic (exact) mass is 525 g/mol. The first kappa shape index (κ1) is 25.3. The van der Waals surface area contributed by atoms with Crippen molar-refractivity contribution < 1.29 is 28.6 Å². The topological polar surface area (TPSA) is 102 Å². The summed E-state index contributed by atoms with van der Waals surface area (Å²) < 4.78 is 27.6. The van der Waals surface area contributed by atoms with Gasteiger partial charge in [-0.2, -0.15) is 0 Å². The summed E-state index contributed by atoms with van der Waals surface area (Å²) >= 11 is 12.9. The highest BCUT2D eigenvalue weighted by Gasteiger charge is 2.50. The van der Waals surface area contributed by atoms with Crippen molar-refractivity contribution in [3.8, 4) is 11.1 Å². The summed E-state index contributed by atoms with van der Waals surface area (Å²) in [5.74, 6) is -4.07. The minimum atomic E-state index is -3.27. The van der Waals surface area contributed by atoms with Crippen LogP contribution in [0.15, 0.2) is 47.5 Å². The summed E-state index contributed by atoms with van der Waals surface area (Å²) in [5, 5.41) is 23.1. The Kier molecular flexibility index (Phi) is 6.78. The number of alkyl halides is 2. The molecule has 0 unspecified atom stereocenters. The minimum absolute atomic E-state index is 0.113. The predicted octanol–water partition coefficient (Wildman–Crippen LogP) is 5.28. The Hall–Kier alpha value is -2.75. The van der Waals surface area contributed by atoms with Gasteiger partial charge in [0.25, 0.3) is 5.92 Å². The Labute approximate surface area is 210 Å². The van der Waals surface area contributed by atoms with Gasteiger partial charge in [0.1, 0.15) is 6.10 Å². The van der Waals surface area contributed by atoms with Gasteiger partial charge in [0, 0.05) is 29.5 Å². The van der Waals surface area contributed by atoms with Crippen LogP contribution in [0.5, 0.6) is 0 Å². The average Bonchev–Trinajstić information content (AvgIpc) is 2.75. The van der Waals surface area contributed by atoms with Gasteiger partial charge in [-0.3, -0.25) is 9.69 Å². The molecule has 2 fully saturated rings. The van der Waals surface area contributed by atoms with Crippen LogP contribution < -0.4 is 5.32 Å². The van der Waals surface area contributed by atoms with Crippen molar-refractivity contribution in [3.05, 3.63) is 58.1 Å². The Morgan fingerprint density at radius 3 is 2.60 bits per heavy atom. The number of aliphatic hydroxyl groups is 1. The Morgan fingerprint density at radius 1 is 1.23 bits per heavy atom. The summed E-state index contributed by atoms with van der Waals surface area (Å²) in [7, 11) is 0. The summed E-state index contributed by atoms with van der Waals surface area (Å²) in [6, 6.07) is 11.5. The molecule has 2 aliphatic rings. The van der Waals surface area contributed by atoms with Crippen LogP contribution in [0.3, 0.4) is 0 Å². The van der Waals surface area contributed by atoms with Crippen LogP contribution in [0, 0.1) is 0 Å². The van der Waals surface area contributed by atoms with Crippen LogP contribution in [0.2, 0.25) is 10.0 Å². The second-order valence-corrected chi connectivity index (χ2v) is 9.81. The third-order valence-corrected chi connectivity index (χ3v) is 7.12. The molecule has 1 aliphatic carbocycles. The summed E-state index contributed by atoms with van der Waals surface area (Å²) in [5.41, 5.74) is 0.801. The largest absolute Gasteiger partial charge is 0.463 e. The Balaban J connectivity index is 1.71. The van der Waals surface area contributed by atoms with E-state index >= 15 is 0 Å². The molecule has 3 atom stereocenters. The lowest BCUT2D eigenvalue weighted by atomic mass is 9.83. The highest BCUT2D eigenvalue weighted by Crippen LogP contribution is 2.41. The van der Waals surface area contributed by atoms with Gasteiger partial charge in [-0.05, 0) is 36.6 Å². The van der Waals surface area contributed by atoms with E-state index in [4.69, 9.17) is 23.2 Å². The van der Waals surface area contributed by atoms with Crippen LogP contribution in [0.4, 0.5) is 13.6 Å². The molecule has 2 aromatic carbocycles. The molecule has 1 saturated carbocycles. The zero-order chi connectivity index (χ0) is 25.5. The molecule has 2 amide bonds. The standard InChI is InChI=1S/C24H23Cl2F2N3O4/c1-23(17-7-3-6-16(20(17)26)13-4-2-5-14(25)10-13)12-19(33)31(21(30-23)29-22(34)35)15-8-9-24(27,28)18(32)11-15/h2-7,10,15,18,32H,8-9,11-12H2,1H3,(H,29,30)(H,34,35)/t15-,18+,23+/m1/s1. The van der Waals surface area contributed by atoms with Gasteiger partial charge in [0.05, 0.1) is 17.0 Å². The molecule has 7 nitrogen and oxygen atoms in total. The smallest absolute Gasteiger partial charge is 0.434 e. The Morgan fingerprint density at radius 2 is 1.94 bits per heavy atom. The number of aliphatic imine (C=N–C) groups is 1. The van der Waals surface area contributed by atoms with Crippen LogP contribution >= 0.6 is 23.2 Å². The number of hydrogen-bond donors (Lipinski definition) is 3. The predicted molar refractivity (Wildman–Crippen MR) is 128 cm³/mol. The van der Waals surface area contributed by atoms with Crippen LogP contribution in [0.25, 0.3) is 11.1 Å². The van der Waals surface area contributed by atoms with Crippen molar-refractivity contribution in [2.24, 2.45) is 4.99 Å². The van der Waals surface area contributed by atoms with Crippen LogP contribution in [-0.4, -0.2) is 51.1 Å². The number of nitrogens with one attached hydrogen (secondary N) is 1. The highest BCUT2D eigenvalue weighted by atomic mass is 35.5. The maximum Gasteiger partial charge on any atom is 0.434 e. The van der Waals surface area contributed by atoms with E-state index in [1.807, 2.05) is 6.07 Å². The number of nitrogens with zero attached hydrogens (tertiary/aromatic N) is 2. The van der Waals surface area contributed by atoms with Gasteiger partial charge < -0.3 is 15.5 Å². The number of carbonyl (C=O) groups excluding carboxylic acids is 1. The molecule has 3 N–H and O–H groups in total. The lowest BCUT2D eigenvalue weighted by Crippen LogP contribution is -2.64. The van der Waals surface area contributed by atoms with Crippen molar-refractivity contribution in [1.82, 2.24) is 10.2 Å². The molecule has 4 rings (SSSR count). The lowest BCUT2D eigenvalue weighted by molar-refractivity contribution is -0.151. The third kappa shape index (κ3) is 4.98. The number of carboxylic acid groups (broad SMARTS) is 1. The first-order valence-electron chi connectivity index (χ1n) is 10.9. The SMILES string of the molecule is C[C@@]1(c2cccc(-c3cccc(Cl)c3)c2Cl)CC(=O)N([C@@H]2CCC(F)(F)[C@@H](O)C2)/C(=N/C(=O)O)N1. The van der Waals surface area contributed by atoms with E-state index < -0.39 is 48.4 Å². The van der Waals surface area contributed by atoms with Crippen molar-refractivity contribution in [2.75, 3.05) is 0 Å². The molecule has 0 radical (unpaired) electrons. The summed E-state index contributed by atoms with van der Waals surface area (Å²) in [6.07, 6.45) is -4.80. The third-order valence-electron chi connectivity index (χ3n) is 6.48. The van der Waals surface area contributed by atoms with Gasteiger partial charge in [0.2, 0.25) is 11.9 Å². The number of guanidine groups is 1.